The molecule has 134 valence electrons. The molecule has 0 fully saturated rings. The summed E-state index contributed by atoms with van der Waals surface area (Å²) in [5.41, 5.74) is 2.42. The van der Waals surface area contributed by atoms with Crippen LogP contribution in [0.3, 0.4) is 0 Å². The number of anilines is 1. The fourth-order valence-corrected chi connectivity index (χ4v) is 3.45. The van der Waals surface area contributed by atoms with Crippen molar-refractivity contribution in [2.75, 3.05) is 4.90 Å². The number of rotatable bonds is 5. The number of nitrogens with zero attached hydrogens (tertiary/aromatic N) is 1. The predicted octanol–water partition coefficient (Wildman–Crippen LogP) is 4.26. The standard InChI is InChI=1S/C21H21NO4/c1-4-12(3)14-9-6-8-13(5-2)18(14)22-19(23)15-10-7-11-16(21(25)26)17(15)20(22)24/h6-12H,4-5H2,1-3H3,(H,25,26). The van der Waals surface area contributed by atoms with E-state index in [0.717, 1.165) is 22.4 Å². The first-order valence-electron chi connectivity index (χ1n) is 8.79. The molecule has 5 nitrogen and oxygen atoms in total. The first-order valence-corrected chi connectivity index (χ1v) is 8.79. The molecule has 2 amide bonds. The van der Waals surface area contributed by atoms with E-state index in [1.165, 1.54) is 18.2 Å². The number of fused-ring (bicyclic) bond motifs is 1. The Morgan fingerprint density at radius 3 is 2.38 bits per heavy atom. The molecule has 1 N–H and O–H groups in total. The molecular formula is C21H21NO4. The van der Waals surface area contributed by atoms with Crippen LogP contribution in [0.25, 0.3) is 0 Å². The molecule has 1 heterocycles. The Balaban J connectivity index is 2.24. The van der Waals surface area contributed by atoms with E-state index in [4.69, 9.17) is 0 Å². The highest BCUT2D eigenvalue weighted by Gasteiger charge is 2.41. The molecular weight excluding hydrogens is 330 g/mol. The van der Waals surface area contributed by atoms with Crippen LogP contribution in [0.15, 0.2) is 36.4 Å². The molecule has 1 unspecified atom stereocenters. The number of carbonyl (C=O) groups is 3. The molecule has 0 saturated carbocycles. The normalized spacial score (nSPS) is 14.5. The van der Waals surface area contributed by atoms with Gasteiger partial charge in [-0.3, -0.25) is 9.59 Å². The maximum absolute atomic E-state index is 13.1. The van der Waals surface area contributed by atoms with Gasteiger partial charge in [0, 0.05) is 0 Å². The third-order valence-electron chi connectivity index (χ3n) is 5.04. The number of amides is 2. The summed E-state index contributed by atoms with van der Waals surface area (Å²) < 4.78 is 0. The highest BCUT2D eigenvalue weighted by atomic mass is 16.4. The Morgan fingerprint density at radius 2 is 1.77 bits per heavy atom. The van der Waals surface area contributed by atoms with E-state index in [9.17, 15) is 19.5 Å². The van der Waals surface area contributed by atoms with Crippen LogP contribution in [0.5, 0.6) is 0 Å². The van der Waals surface area contributed by atoms with Gasteiger partial charge in [-0.05, 0) is 42.0 Å². The molecule has 1 aliphatic heterocycles. The van der Waals surface area contributed by atoms with Crippen LogP contribution in [-0.4, -0.2) is 22.9 Å². The molecule has 2 aromatic rings. The summed E-state index contributed by atoms with van der Waals surface area (Å²) in [4.78, 5) is 38.8. The second-order valence-corrected chi connectivity index (χ2v) is 6.50. The van der Waals surface area contributed by atoms with E-state index in [-0.39, 0.29) is 22.6 Å². The molecule has 1 aliphatic rings. The van der Waals surface area contributed by atoms with Crippen LogP contribution >= 0.6 is 0 Å². The third-order valence-corrected chi connectivity index (χ3v) is 5.04. The van der Waals surface area contributed by atoms with E-state index in [1.54, 1.807) is 0 Å². The lowest BCUT2D eigenvalue weighted by Gasteiger charge is -2.24. The van der Waals surface area contributed by atoms with Gasteiger partial charge in [0.1, 0.15) is 0 Å². The van der Waals surface area contributed by atoms with Gasteiger partial charge in [0.05, 0.1) is 22.4 Å². The smallest absolute Gasteiger partial charge is 0.336 e. The summed E-state index contributed by atoms with van der Waals surface area (Å²) in [5.74, 6) is -2.07. The van der Waals surface area contributed by atoms with Crippen molar-refractivity contribution in [2.45, 2.75) is 39.5 Å². The van der Waals surface area contributed by atoms with Gasteiger partial charge in [-0.2, -0.15) is 0 Å². The van der Waals surface area contributed by atoms with Crippen molar-refractivity contribution in [3.8, 4) is 0 Å². The second kappa shape index (κ2) is 6.75. The van der Waals surface area contributed by atoms with Gasteiger partial charge in [0.2, 0.25) is 0 Å². The molecule has 0 aromatic heterocycles. The fourth-order valence-electron chi connectivity index (χ4n) is 3.45. The highest BCUT2D eigenvalue weighted by Crippen LogP contribution is 2.38. The van der Waals surface area contributed by atoms with Crippen LogP contribution in [0, 0.1) is 0 Å². The number of carboxylic acids is 1. The van der Waals surface area contributed by atoms with Crippen molar-refractivity contribution in [2.24, 2.45) is 0 Å². The fraction of sp³-hybridized carbons (Fsp3) is 0.286. The number of benzene rings is 2. The van der Waals surface area contributed by atoms with Crippen LogP contribution in [0.1, 0.15) is 75.3 Å². The molecule has 3 rings (SSSR count). The van der Waals surface area contributed by atoms with Gasteiger partial charge in [-0.15, -0.1) is 0 Å². The number of carboxylic acid groups (broad SMARTS) is 1. The number of para-hydroxylation sites is 1. The van der Waals surface area contributed by atoms with Crippen molar-refractivity contribution >= 4 is 23.5 Å². The van der Waals surface area contributed by atoms with Crippen LogP contribution in [0.2, 0.25) is 0 Å². The van der Waals surface area contributed by atoms with Gasteiger partial charge in [-0.25, -0.2) is 9.69 Å². The lowest BCUT2D eigenvalue weighted by atomic mass is 9.92. The van der Waals surface area contributed by atoms with Crippen molar-refractivity contribution in [1.82, 2.24) is 0 Å². The molecule has 0 radical (unpaired) electrons. The van der Waals surface area contributed by atoms with E-state index >= 15 is 0 Å². The van der Waals surface area contributed by atoms with Gasteiger partial charge in [0.15, 0.2) is 0 Å². The average molecular weight is 351 g/mol. The van der Waals surface area contributed by atoms with E-state index in [2.05, 4.69) is 13.8 Å². The number of carbonyl (C=O) groups excluding carboxylic acids is 2. The zero-order valence-electron chi connectivity index (χ0n) is 15.1. The summed E-state index contributed by atoms with van der Waals surface area (Å²) in [7, 11) is 0. The topological polar surface area (TPSA) is 74.7 Å². The maximum atomic E-state index is 13.1. The Morgan fingerprint density at radius 1 is 1.08 bits per heavy atom. The Bertz CT molecular complexity index is 916. The van der Waals surface area contributed by atoms with Gasteiger partial charge in [0.25, 0.3) is 11.8 Å². The molecule has 0 saturated heterocycles. The minimum absolute atomic E-state index is 0.0222. The van der Waals surface area contributed by atoms with E-state index in [0.29, 0.717) is 12.1 Å². The van der Waals surface area contributed by atoms with Crippen molar-refractivity contribution in [1.29, 1.82) is 0 Å². The number of aryl methyl sites for hydroxylation is 1. The average Bonchev–Trinajstić information content (AvgIpc) is 2.91. The summed E-state index contributed by atoms with van der Waals surface area (Å²) >= 11 is 0. The summed E-state index contributed by atoms with van der Waals surface area (Å²) in [5, 5.41) is 9.41. The lowest BCUT2D eigenvalue weighted by Crippen LogP contribution is -2.32. The van der Waals surface area contributed by atoms with Gasteiger partial charge >= 0.3 is 5.97 Å². The molecule has 0 bridgehead atoms. The lowest BCUT2D eigenvalue weighted by molar-refractivity contribution is 0.0692. The third kappa shape index (κ3) is 2.60. The quantitative estimate of drug-likeness (QED) is 0.817. The number of hydrogen-bond donors (Lipinski definition) is 1. The first kappa shape index (κ1) is 17.9. The summed E-state index contributed by atoms with van der Waals surface area (Å²) in [6.07, 6.45) is 1.53. The van der Waals surface area contributed by atoms with Gasteiger partial charge in [-0.1, -0.05) is 45.0 Å². The monoisotopic (exact) mass is 351 g/mol. The molecule has 0 aliphatic carbocycles. The summed E-state index contributed by atoms with van der Waals surface area (Å²) in [6, 6.07) is 10.1. The number of hydrogen-bond acceptors (Lipinski definition) is 3. The molecule has 5 heteroatoms. The van der Waals surface area contributed by atoms with Crippen LogP contribution in [0.4, 0.5) is 5.69 Å². The van der Waals surface area contributed by atoms with Crippen molar-refractivity contribution < 1.29 is 19.5 Å². The minimum atomic E-state index is -1.21. The van der Waals surface area contributed by atoms with Crippen LogP contribution in [-0.2, 0) is 6.42 Å². The first-order chi connectivity index (χ1) is 12.4. The zero-order chi connectivity index (χ0) is 19.0. The second-order valence-electron chi connectivity index (χ2n) is 6.50. The Labute approximate surface area is 152 Å². The number of aromatic carboxylic acids is 1. The van der Waals surface area contributed by atoms with E-state index in [1.807, 2.05) is 25.1 Å². The SMILES string of the molecule is CCc1cccc(C(C)CC)c1N1C(=O)c2cccc(C(=O)O)c2C1=O. The minimum Gasteiger partial charge on any atom is -0.478 e. The summed E-state index contributed by atoms with van der Waals surface area (Å²) in [6.45, 7) is 6.08. The predicted molar refractivity (Wildman–Crippen MR) is 99.1 cm³/mol. The zero-order valence-corrected chi connectivity index (χ0v) is 15.1. The Kier molecular flexibility index (Phi) is 4.64. The molecule has 26 heavy (non-hydrogen) atoms. The molecule has 0 spiro atoms. The highest BCUT2D eigenvalue weighted by molar-refractivity contribution is 6.36. The number of imide groups is 1. The molecule has 1 atom stereocenters. The van der Waals surface area contributed by atoms with Crippen LogP contribution < -0.4 is 4.90 Å². The largest absolute Gasteiger partial charge is 0.478 e. The van der Waals surface area contributed by atoms with E-state index < -0.39 is 17.8 Å². The maximum Gasteiger partial charge on any atom is 0.336 e. The van der Waals surface area contributed by atoms with Crippen molar-refractivity contribution in [3.05, 3.63) is 64.2 Å². The van der Waals surface area contributed by atoms with Crippen molar-refractivity contribution in [3.63, 3.8) is 0 Å². The Hall–Kier alpha value is -2.95. The van der Waals surface area contributed by atoms with Gasteiger partial charge < -0.3 is 5.11 Å². The molecule has 2 aromatic carbocycles.